The van der Waals surface area contributed by atoms with Crippen molar-refractivity contribution in [3.63, 3.8) is 0 Å². The van der Waals surface area contributed by atoms with Gasteiger partial charge in [-0.1, -0.05) is 18.9 Å². The van der Waals surface area contributed by atoms with E-state index < -0.39 is 0 Å². The standard InChI is InChI=1S/C11H23N/c1-7-8-10(2)9-12(6)11(3,4)5/h9H,7-8H2,1-6H3/b10-9-. The first kappa shape index (κ1) is 11.5. The lowest BCUT2D eigenvalue weighted by atomic mass is 10.1. The van der Waals surface area contributed by atoms with Gasteiger partial charge in [0.1, 0.15) is 0 Å². The molecule has 12 heavy (non-hydrogen) atoms. The number of hydrogen-bond acceptors (Lipinski definition) is 1. The van der Waals surface area contributed by atoms with Gasteiger partial charge in [0.15, 0.2) is 0 Å². The van der Waals surface area contributed by atoms with E-state index in [0.717, 1.165) is 0 Å². The Kier molecular flexibility index (Phi) is 4.36. The molecule has 0 aliphatic carbocycles. The fourth-order valence-electron chi connectivity index (χ4n) is 0.983. The Bertz CT molecular complexity index is 151. The van der Waals surface area contributed by atoms with Gasteiger partial charge in [0.25, 0.3) is 0 Å². The van der Waals surface area contributed by atoms with Crippen LogP contribution < -0.4 is 0 Å². The summed E-state index contributed by atoms with van der Waals surface area (Å²) in [6.07, 6.45) is 4.70. The summed E-state index contributed by atoms with van der Waals surface area (Å²) in [5.74, 6) is 0. The van der Waals surface area contributed by atoms with E-state index in [0.29, 0.717) is 0 Å². The van der Waals surface area contributed by atoms with Crippen molar-refractivity contribution in [1.29, 1.82) is 0 Å². The van der Waals surface area contributed by atoms with Crippen LogP contribution in [0.5, 0.6) is 0 Å². The molecule has 0 fully saturated rings. The Morgan fingerprint density at radius 2 is 1.83 bits per heavy atom. The Morgan fingerprint density at radius 3 is 2.17 bits per heavy atom. The summed E-state index contributed by atoms with van der Waals surface area (Å²) < 4.78 is 0. The summed E-state index contributed by atoms with van der Waals surface area (Å²) >= 11 is 0. The Labute approximate surface area is 77.5 Å². The molecule has 0 aliphatic heterocycles. The molecule has 0 bridgehead atoms. The van der Waals surface area contributed by atoms with Crippen molar-refractivity contribution >= 4 is 0 Å². The molecule has 0 aromatic heterocycles. The minimum atomic E-state index is 0.245. The molecular formula is C11H23N. The van der Waals surface area contributed by atoms with Crippen molar-refractivity contribution in [2.24, 2.45) is 0 Å². The van der Waals surface area contributed by atoms with Crippen molar-refractivity contribution < 1.29 is 0 Å². The SMILES string of the molecule is CCC/C(C)=C\N(C)C(C)(C)C. The normalized spacial score (nSPS) is 13.3. The lowest BCUT2D eigenvalue weighted by Gasteiger charge is -2.31. The van der Waals surface area contributed by atoms with Crippen LogP contribution in [-0.4, -0.2) is 17.5 Å². The third-order valence-electron chi connectivity index (χ3n) is 2.12. The molecule has 0 heterocycles. The summed E-state index contributed by atoms with van der Waals surface area (Å²) in [4.78, 5) is 2.28. The van der Waals surface area contributed by atoms with Gasteiger partial charge in [-0.05, 0) is 40.3 Å². The quantitative estimate of drug-likeness (QED) is 0.625. The Hall–Kier alpha value is -0.460. The van der Waals surface area contributed by atoms with Gasteiger partial charge in [0.05, 0.1) is 0 Å². The van der Waals surface area contributed by atoms with Gasteiger partial charge in [-0.25, -0.2) is 0 Å². The molecule has 0 aliphatic rings. The predicted octanol–water partition coefficient (Wildman–Crippen LogP) is 3.42. The van der Waals surface area contributed by atoms with Crippen LogP contribution in [-0.2, 0) is 0 Å². The number of hydrogen-bond donors (Lipinski definition) is 0. The van der Waals surface area contributed by atoms with Gasteiger partial charge in [0.2, 0.25) is 0 Å². The molecule has 0 aromatic carbocycles. The van der Waals surface area contributed by atoms with Gasteiger partial charge in [-0.15, -0.1) is 0 Å². The number of rotatable bonds is 3. The van der Waals surface area contributed by atoms with Gasteiger partial charge in [-0.3, -0.25) is 0 Å². The van der Waals surface area contributed by atoms with Crippen molar-refractivity contribution in [3.8, 4) is 0 Å². The maximum atomic E-state index is 2.28. The minimum absolute atomic E-state index is 0.245. The van der Waals surface area contributed by atoms with E-state index in [4.69, 9.17) is 0 Å². The molecule has 0 rings (SSSR count). The van der Waals surface area contributed by atoms with Gasteiger partial charge < -0.3 is 4.90 Å². The van der Waals surface area contributed by atoms with Gasteiger partial charge >= 0.3 is 0 Å². The zero-order valence-electron chi connectivity index (χ0n) is 9.44. The fraction of sp³-hybridized carbons (Fsp3) is 0.818. The van der Waals surface area contributed by atoms with E-state index in [1.807, 2.05) is 0 Å². The van der Waals surface area contributed by atoms with Crippen LogP contribution >= 0.6 is 0 Å². The molecule has 0 aromatic rings. The smallest absolute Gasteiger partial charge is 0.0309 e. The van der Waals surface area contributed by atoms with E-state index in [-0.39, 0.29) is 5.54 Å². The minimum Gasteiger partial charge on any atom is -0.376 e. The van der Waals surface area contributed by atoms with Crippen LogP contribution in [0.2, 0.25) is 0 Å². The summed E-state index contributed by atoms with van der Waals surface area (Å²) in [7, 11) is 2.14. The van der Waals surface area contributed by atoms with Crippen LogP contribution in [0.15, 0.2) is 11.8 Å². The molecule has 0 amide bonds. The maximum Gasteiger partial charge on any atom is 0.0309 e. The van der Waals surface area contributed by atoms with Crippen LogP contribution in [0.3, 0.4) is 0 Å². The summed E-state index contributed by atoms with van der Waals surface area (Å²) in [6, 6.07) is 0. The van der Waals surface area contributed by atoms with Crippen LogP contribution in [0, 0.1) is 0 Å². The molecule has 1 heteroatoms. The molecule has 0 unspecified atom stereocenters. The third kappa shape index (κ3) is 4.42. The largest absolute Gasteiger partial charge is 0.376 e. The first-order valence-electron chi connectivity index (χ1n) is 4.78. The van der Waals surface area contributed by atoms with E-state index in [9.17, 15) is 0 Å². The second-order valence-electron chi connectivity index (χ2n) is 4.51. The Morgan fingerprint density at radius 1 is 1.33 bits per heavy atom. The first-order chi connectivity index (χ1) is 5.38. The van der Waals surface area contributed by atoms with Crippen molar-refractivity contribution in [1.82, 2.24) is 4.90 Å². The third-order valence-corrected chi connectivity index (χ3v) is 2.12. The predicted molar refractivity (Wildman–Crippen MR) is 56.2 cm³/mol. The fourth-order valence-corrected chi connectivity index (χ4v) is 0.983. The highest BCUT2D eigenvalue weighted by Crippen LogP contribution is 2.13. The van der Waals surface area contributed by atoms with Crippen LogP contribution in [0.1, 0.15) is 47.5 Å². The molecule has 0 atom stereocenters. The number of nitrogens with zero attached hydrogens (tertiary/aromatic N) is 1. The molecule has 0 radical (unpaired) electrons. The monoisotopic (exact) mass is 169 g/mol. The molecule has 0 saturated carbocycles. The summed E-state index contributed by atoms with van der Waals surface area (Å²) in [6.45, 7) is 11.1. The zero-order valence-corrected chi connectivity index (χ0v) is 9.44. The molecule has 1 nitrogen and oxygen atoms in total. The lowest BCUT2D eigenvalue weighted by molar-refractivity contribution is 0.247. The highest BCUT2D eigenvalue weighted by Gasteiger charge is 2.13. The van der Waals surface area contributed by atoms with Crippen LogP contribution in [0.25, 0.3) is 0 Å². The molecule has 0 saturated heterocycles. The van der Waals surface area contributed by atoms with Crippen molar-refractivity contribution in [3.05, 3.63) is 11.8 Å². The average Bonchev–Trinajstić information content (AvgIpc) is 1.85. The summed E-state index contributed by atoms with van der Waals surface area (Å²) in [5, 5.41) is 0. The van der Waals surface area contributed by atoms with E-state index in [1.165, 1.54) is 18.4 Å². The zero-order chi connectivity index (χ0) is 9.78. The van der Waals surface area contributed by atoms with Crippen molar-refractivity contribution in [2.45, 2.75) is 53.0 Å². The second kappa shape index (κ2) is 4.54. The highest BCUT2D eigenvalue weighted by molar-refractivity contribution is 4.99. The van der Waals surface area contributed by atoms with Gasteiger partial charge in [0, 0.05) is 12.6 Å². The highest BCUT2D eigenvalue weighted by atomic mass is 15.1. The van der Waals surface area contributed by atoms with E-state index in [1.54, 1.807) is 0 Å². The summed E-state index contributed by atoms with van der Waals surface area (Å²) in [5.41, 5.74) is 1.71. The van der Waals surface area contributed by atoms with Crippen LogP contribution in [0.4, 0.5) is 0 Å². The van der Waals surface area contributed by atoms with E-state index >= 15 is 0 Å². The first-order valence-corrected chi connectivity index (χ1v) is 4.78. The van der Waals surface area contributed by atoms with Crippen molar-refractivity contribution in [2.75, 3.05) is 7.05 Å². The lowest BCUT2D eigenvalue weighted by Crippen LogP contribution is -2.33. The molecule has 72 valence electrons. The van der Waals surface area contributed by atoms with Gasteiger partial charge in [-0.2, -0.15) is 0 Å². The Balaban J connectivity index is 4.14. The maximum absolute atomic E-state index is 2.28. The topological polar surface area (TPSA) is 3.24 Å². The molecule has 0 spiro atoms. The average molecular weight is 169 g/mol. The van der Waals surface area contributed by atoms with E-state index in [2.05, 4.69) is 52.8 Å². The molecule has 0 N–H and O–H groups in total. The second-order valence-corrected chi connectivity index (χ2v) is 4.51. The molecular weight excluding hydrogens is 146 g/mol. The number of allylic oxidation sites excluding steroid dienone is 1.